The van der Waals surface area contributed by atoms with Gasteiger partial charge in [0.05, 0.1) is 0 Å². The van der Waals surface area contributed by atoms with Crippen molar-refractivity contribution in [2.45, 2.75) is 59.7 Å². The number of fused-ring (bicyclic) bond motifs is 2. The minimum Gasteiger partial charge on any atom is -0.459 e. The molecule has 3 rings (SSSR count). The van der Waals surface area contributed by atoms with Gasteiger partial charge in [-0.25, -0.2) is 4.79 Å². The van der Waals surface area contributed by atoms with Crippen molar-refractivity contribution < 1.29 is 23.8 Å². The molecule has 0 N–H and O–H groups in total. The summed E-state index contributed by atoms with van der Waals surface area (Å²) in [6.45, 7) is 10.1. The number of esters is 2. The molecule has 2 aliphatic carbocycles. The molecule has 0 saturated carbocycles. The van der Waals surface area contributed by atoms with Crippen molar-refractivity contribution in [3.63, 3.8) is 0 Å². The van der Waals surface area contributed by atoms with E-state index in [-0.39, 0.29) is 35.5 Å². The summed E-state index contributed by atoms with van der Waals surface area (Å²) in [6, 6.07) is 0. The Hall–Kier alpha value is -1.88. The van der Waals surface area contributed by atoms with Crippen LogP contribution in [0.15, 0.2) is 34.6 Å². The van der Waals surface area contributed by atoms with Crippen molar-refractivity contribution in [3.8, 4) is 0 Å². The molecular formula is C20H26O5. The average Bonchev–Trinajstić information content (AvgIpc) is 2.82. The molecule has 0 fully saturated rings. The highest BCUT2D eigenvalue weighted by Gasteiger charge is 2.51. The fourth-order valence-corrected chi connectivity index (χ4v) is 4.00. The molecule has 1 heterocycles. The monoisotopic (exact) mass is 346 g/mol. The van der Waals surface area contributed by atoms with E-state index in [2.05, 4.69) is 13.8 Å². The first kappa shape index (κ1) is 17.9. The predicted molar refractivity (Wildman–Crippen MR) is 92.4 cm³/mol. The zero-order valence-corrected chi connectivity index (χ0v) is 15.5. The molecule has 5 heteroatoms. The molecule has 3 aliphatic rings. The Morgan fingerprint density at radius 1 is 1.44 bits per heavy atom. The van der Waals surface area contributed by atoms with Gasteiger partial charge in [-0.05, 0) is 37.5 Å². The summed E-state index contributed by atoms with van der Waals surface area (Å²) in [5.74, 6) is 0.127. The minimum absolute atomic E-state index is 0.0482. The van der Waals surface area contributed by atoms with Crippen molar-refractivity contribution in [2.24, 2.45) is 11.3 Å². The summed E-state index contributed by atoms with van der Waals surface area (Å²) in [5, 5.41) is 0. The van der Waals surface area contributed by atoms with E-state index in [1.165, 1.54) is 6.92 Å². The van der Waals surface area contributed by atoms with Crippen LogP contribution in [0.4, 0.5) is 0 Å². The Kier molecular flexibility index (Phi) is 4.62. The predicted octanol–water partition coefficient (Wildman–Crippen LogP) is 3.46. The fraction of sp³-hybridized carbons (Fsp3) is 0.600. The van der Waals surface area contributed by atoms with Gasteiger partial charge in [0.2, 0.25) is 0 Å². The molecule has 0 spiro atoms. The maximum absolute atomic E-state index is 11.9. The van der Waals surface area contributed by atoms with Crippen molar-refractivity contribution >= 4 is 11.9 Å². The lowest BCUT2D eigenvalue weighted by atomic mass is 9.60. The largest absolute Gasteiger partial charge is 0.459 e. The van der Waals surface area contributed by atoms with Gasteiger partial charge < -0.3 is 14.2 Å². The zero-order chi connectivity index (χ0) is 18.4. The van der Waals surface area contributed by atoms with E-state index in [1.54, 1.807) is 6.92 Å². The van der Waals surface area contributed by atoms with Crippen LogP contribution < -0.4 is 0 Å². The molecule has 0 aromatic rings. The van der Waals surface area contributed by atoms with Crippen molar-refractivity contribution in [1.82, 2.24) is 0 Å². The molecule has 5 nitrogen and oxygen atoms in total. The lowest BCUT2D eigenvalue weighted by molar-refractivity contribution is -0.162. The first-order valence-corrected chi connectivity index (χ1v) is 8.93. The Morgan fingerprint density at radius 2 is 2.16 bits per heavy atom. The second-order valence-corrected chi connectivity index (χ2v) is 7.42. The number of allylic oxidation sites excluding steroid dienone is 3. The van der Waals surface area contributed by atoms with Gasteiger partial charge in [-0.1, -0.05) is 20.8 Å². The number of rotatable bonds is 4. The molecule has 0 saturated heterocycles. The Balaban J connectivity index is 2.04. The molecule has 0 amide bonds. The highest BCUT2D eigenvalue weighted by Crippen LogP contribution is 2.54. The normalized spacial score (nSPS) is 34.0. The molecule has 0 bridgehead atoms. The second-order valence-electron chi connectivity index (χ2n) is 7.42. The maximum atomic E-state index is 11.9. The van der Waals surface area contributed by atoms with Crippen LogP contribution in [0.5, 0.6) is 0 Å². The molecule has 0 aromatic heterocycles. The van der Waals surface area contributed by atoms with Gasteiger partial charge >= 0.3 is 11.9 Å². The number of ether oxygens (including phenoxy) is 3. The van der Waals surface area contributed by atoms with Crippen LogP contribution in [0.3, 0.4) is 0 Å². The van der Waals surface area contributed by atoms with Crippen LogP contribution in [-0.2, 0) is 23.8 Å². The van der Waals surface area contributed by atoms with Crippen LogP contribution in [0.25, 0.3) is 0 Å². The third-order valence-electron chi connectivity index (χ3n) is 5.73. The van der Waals surface area contributed by atoms with Crippen LogP contribution in [0.2, 0.25) is 0 Å². The van der Waals surface area contributed by atoms with Gasteiger partial charge in [-0.2, -0.15) is 0 Å². The maximum Gasteiger partial charge on any atom is 0.339 e. The van der Waals surface area contributed by atoms with E-state index in [0.717, 1.165) is 17.6 Å². The number of carbonyl (C=O) groups is 2. The third kappa shape index (κ3) is 2.95. The zero-order valence-electron chi connectivity index (χ0n) is 15.5. The summed E-state index contributed by atoms with van der Waals surface area (Å²) < 4.78 is 17.0. The van der Waals surface area contributed by atoms with E-state index in [9.17, 15) is 9.59 Å². The summed E-state index contributed by atoms with van der Waals surface area (Å²) in [5.41, 5.74) is 2.49. The quantitative estimate of drug-likeness (QED) is 0.730. The van der Waals surface area contributed by atoms with Gasteiger partial charge in [0.1, 0.15) is 18.0 Å². The lowest BCUT2D eigenvalue weighted by Gasteiger charge is -2.48. The highest BCUT2D eigenvalue weighted by molar-refractivity contribution is 5.94. The fourth-order valence-electron chi connectivity index (χ4n) is 4.00. The van der Waals surface area contributed by atoms with Gasteiger partial charge in [-0.3, -0.25) is 4.79 Å². The van der Waals surface area contributed by atoms with Gasteiger partial charge in [0.25, 0.3) is 0 Å². The topological polar surface area (TPSA) is 61.8 Å². The SMILES string of the molecule is CCCO[C@H]1C=C2C=C3OC(=O)C(C)=C3C[C@]2(C)[C@@H](C)[C@H]1OC(C)=O. The van der Waals surface area contributed by atoms with Crippen molar-refractivity contribution in [3.05, 3.63) is 34.6 Å². The first-order chi connectivity index (χ1) is 11.8. The molecular weight excluding hydrogens is 320 g/mol. The van der Waals surface area contributed by atoms with Crippen molar-refractivity contribution in [1.29, 1.82) is 0 Å². The van der Waals surface area contributed by atoms with Crippen molar-refractivity contribution in [2.75, 3.05) is 6.61 Å². The number of hydrogen-bond acceptors (Lipinski definition) is 5. The van der Waals surface area contributed by atoms with E-state index >= 15 is 0 Å². The molecule has 0 unspecified atom stereocenters. The Morgan fingerprint density at radius 3 is 2.80 bits per heavy atom. The molecule has 25 heavy (non-hydrogen) atoms. The molecule has 1 aliphatic heterocycles. The van der Waals surface area contributed by atoms with Gasteiger partial charge in [-0.15, -0.1) is 0 Å². The van der Waals surface area contributed by atoms with E-state index in [1.807, 2.05) is 19.1 Å². The minimum atomic E-state index is -0.341. The average molecular weight is 346 g/mol. The summed E-state index contributed by atoms with van der Waals surface area (Å²) in [6.07, 6.45) is 4.95. The summed E-state index contributed by atoms with van der Waals surface area (Å²) in [4.78, 5) is 23.5. The van der Waals surface area contributed by atoms with E-state index in [0.29, 0.717) is 24.4 Å². The second kappa shape index (κ2) is 6.45. The van der Waals surface area contributed by atoms with Crippen LogP contribution in [0, 0.1) is 11.3 Å². The van der Waals surface area contributed by atoms with Gasteiger partial charge in [0.15, 0.2) is 0 Å². The van der Waals surface area contributed by atoms with E-state index in [4.69, 9.17) is 14.2 Å². The highest BCUT2D eigenvalue weighted by atomic mass is 16.6. The summed E-state index contributed by atoms with van der Waals surface area (Å²) >= 11 is 0. The Bertz CT molecular complexity index is 699. The van der Waals surface area contributed by atoms with Gasteiger partial charge in [0, 0.05) is 36.0 Å². The van der Waals surface area contributed by atoms with E-state index < -0.39 is 0 Å². The van der Waals surface area contributed by atoms with Crippen LogP contribution >= 0.6 is 0 Å². The Labute approximate surface area is 148 Å². The number of hydrogen-bond donors (Lipinski definition) is 0. The molecule has 136 valence electrons. The molecule has 4 atom stereocenters. The first-order valence-electron chi connectivity index (χ1n) is 8.93. The van der Waals surface area contributed by atoms with Crippen LogP contribution in [0.1, 0.15) is 47.5 Å². The lowest BCUT2D eigenvalue weighted by Crippen LogP contribution is -2.49. The molecule has 0 radical (unpaired) electrons. The number of carbonyl (C=O) groups excluding carboxylic acids is 2. The van der Waals surface area contributed by atoms with Crippen LogP contribution in [-0.4, -0.2) is 30.8 Å². The summed E-state index contributed by atoms with van der Waals surface area (Å²) in [7, 11) is 0. The standard InChI is InChI=1S/C20H26O5/c1-6-7-23-17-9-14-8-16-15(11(2)19(22)25-16)10-20(14,5)12(3)18(17)24-13(4)21/h8-9,12,17-18H,6-7,10H2,1-5H3/t12-,17-,18+,20+/m0/s1. The smallest absolute Gasteiger partial charge is 0.339 e. The molecule has 0 aromatic carbocycles. The third-order valence-corrected chi connectivity index (χ3v) is 5.73.